The van der Waals surface area contributed by atoms with Crippen LogP contribution in [0, 0.1) is 0 Å². The molecule has 1 aliphatic heterocycles. The van der Waals surface area contributed by atoms with Gasteiger partial charge in [0.15, 0.2) is 4.90 Å². The average molecular weight is 391 g/mol. The molecule has 2 rings (SSSR count). The molecule has 1 aromatic rings. The molecule has 1 aromatic carbocycles. The fraction of sp³-hybridized carbons (Fsp3) is 0.400. The van der Waals surface area contributed by atoms with E-state index in [0.717, 1.165) is 0 Å². The van der Waals surface area contributed by atoms with E-state index in [0.29, 0.717) is 28.4 Å². The van der Waals surface area contributed by atoms with Crippen LogP contribution < -0.4 is 0 Å². The number of hydrogen-bond acceptors (Lipinski definition) is 4. The van der Waals surface area contributed by atoms with Gasteiger partial charge >= 0.3 is 11.9 Å². The molecule has 1 unspecified atom stereocenters. The van der Waals surface area contributed by atoms with Crippen LogP contribution >= 0.6 is 0 Å². The van der Waals surface area contributed by atoms with Crippen molar-refractivity contribution < 1.29 is 24.4 Å². The maximum atomic E-state index is 12.4. The second-order valence-corrected chi connectivity index (χ2v) is 7.83. The summed E-state index contributed by atoms with van der Waals surface area (Å²) in [5.41, 5.74) is 0.134. The lowest BCUT2D eigenvalue weighted by Gasteiger charge is -2.44. The number of hydrogen-bond donors (Lipinski definition) is 2. The molecule has 146 valence electrons. The first kappa shape index (κ1) is 21.1. The van der Waals surface area contributed by atoms with Crippen molar-refractivity contribution in [2.45, 2.75) is 44.4 Å². The molecule has 7 heteroatoms. The van der Waals surface area contributed by atoms with Crippen molar-refractivity contribution in [1.29, 1.82) is 0 Å². The number of allylic oxidation sites excluding steroid dienone is 2. The third-order valence-corrected chi connectivity index (χ3v) is 6.29. The monoisotopic (exact) mass is 391 g/mol. The number of rotatable bonds is 6. The van der Waals surface area contributed by atoms with Gasteiger partial charge in [-0.05, 0) is 44.4 Å². The summed E-state index contributed by atoms with van der Waals surface area (Å²) in [7, 11) is 0. The van der Waals surface area contributed by atoms with E-state index >= 15 is 0 Å². The fourth-order valence-corrected chi connectivity index (χ4v) is 5.12. The third kappa shape index (κ3) is 3.15. The van der Waals surface area contributed by atoms with E-state index in [1.54, 1.807) is 49.9 Å². The highest BCUT2D eigenvalue weighted by Gasteiger charge is 2.52. The molecule has 1 aliphatic rings. The van der Waals surface area contributed by atoms with Crippen LogP contribution in [0.2, 0.25) is 0 Å². The summed E-state index contributed by atoms with van der Waals surface area (Å²) < 4.78 is 12.4. The van der Waals surface area contributed by atoms with E-state index in [1.165, 1.54) is 6.26 Å². The van der Waals surface area contributed by atoms with Crippen molar-refractivity contribution in [2.24, 2.45) is 0 Å². The van der Waals surface area contributed by atoms with Crippen LogP contribution in [0.15, 0.2) is 51.7 Å². The van der Waals surface area contributed by atoms with Crippen molar-refractivity contribution in [2.75, 3.05) is 12.8 Å². The van der Waals surface area contributed by atoms with Gasteiger partial charge < -0.3 is 19.7 Å². The van der Waals surface area contributed by atoms with Gasteiger partial charge in [-0.25, -0.2) is 9.59 Å². The molecule has 0 radical (unpaired) electrons. The molecule has 6 nitrogen and oxygen atoms in total. The number of aliphatic carboxylic acids is 2. The van der Waals surface area contributed by atoms with Crippen LogP contribution in [0.3, 0.4) is 0 Å². The van der Waals surface area contributed by atoms with Crippen molar-refractivity contribution >= 4 is 23.1 Å². The Bertz CT molecular complexity index is 803. The molecule has 0 saturated heterocycles. The number of carbonyl (C=O) groups is 2. The van der Waals surface area contributed by atoms with E-state index in [9.17, 15) is 24.4 Å². The Balaban J connectivity index is 3.06. The van der Waals surface area contributed by atoms with Crippen LogP contribution in [-0.2, 0) is 26.2 Å². The third-order valence-electron chi connectivity index (χ3n) is 5.32. The quantitative estimate of drug-likeness (QED) is 0.723. The van der Waals surface area contributed by atoms with Gasteiger partial charge in [-0.3, -0.25) is 0 Å². The number of benzene rings is 1. The van der Waals surface area contributed by atoms with E-state index in [2.05, 4.69) is 0 Å². The van der Waals surface area contributed by atoms with E-state index < -0.39 is 28.5 Å². The maximum Gasteiger partial charge on any atom is 0.334 e. The molecule has 0 bridgehead atoms. The smallest absolute Gasteiger partial charge is 0.334 e. The largest absolute Gasteiger partial charge is 0.612 e. The van der Waals surface area contributed by atoms with Gasteiger partial charge in [-0.15, -0.1) is 0 Å². The molecule has 27 heavy (non-hydrogen) atoms. The van der Waals surface area contributed by atoms with Crippen molar-refractivity contribution in [1.82, 2.24) is 4.90 Å². The van der Waals surface area contributed by atoms with E-state index in [-0.39, 0.29) is 17.6 Å². The predicted octanol–water partition coefficient (Wildman–Crippen LogP) is 3.12. The van der Waals surface area contributed by atoms with Crippen molar-refractivity contribution in [3.63, 3.8) is 0 Å². The highest BCUT2D eigenvalue weighted by atomic mass is 32.2. The van der Waals surface area contributed by atoms with Gasteiger partial charge in [-0.1, -0.05) is 25.1 Å². The van der Waals surface area contributed by atoms with Crippen LogP contribution in [0.25, 0.3) is 0 Å². The Morgan fingerprint density at radius 1 is 1.07 bits per heavy atom. The van der Waals surface area contributed by atoms with Gasteiger partial charge in [0, 0.05) is 23.5 Å². The minimum atomic E-state index is -1.40. The minimum absolute atomic E-state index is 0.0211. The summed E-state index contributed by atoms with van der Waals surface area (Å²) in [6, 6.07) is 6.80. The van der Waals surface area contributed by atoms with Crippen molar-refractivity contribution in [3.8, 4) is 0 Å². The standard InChI is InChI=1S/C20H25NO5S/c1-6-20(14-10-8-9-11-15(14)27(5)26)16(18(22)23)12(3)21(7-2)13(4)17(20)19(24)25/h8-11H,6-7H2,1-5H3,(H,22,23)(H,24,25). The zero-order valence-electron chi connectivity index (χ0n) is 16.2. The van der Waals surface area contributed by atoms with Gasteiger partial charge in [0.05, 0.1) is 16.6 Å². The topological polar surface area (TPSA) is 101 Å². The van der Waals surface area contributed by atoms with Gasteiger partial charge in [-0.2, -0.15) is 0 Å². The molecule has 0 amide bonds. The summed E-state index contributed by atoms with van der Waals surface area (Å²) in [4.78, 5) is 26.9. The number of nitrogens with zero attached hydrogens (tertiary/aromatic N) is 1. The Morgan fingerprint density at radius 2 is 1.56 bits per heavy atom. The minimum Gasteiger partial charge on any atom is -0.612 e. The molecule has 0 aliphatic carbocycles. The summed E-state index contributed by atoms with van der Waals surface area (Å²) in [6.45, 7) is 7.46. The lowest BCUT2D eigenvalue weighted by atomic mass is 9.64. The molecule has 0 spiro atoms. The zero-order chi connectivity index (χ0) is 20.5. The van der Waals surface area contributed by atoms with Gasteiger partial charge in [0.2, 0.25) is 0 Å². The van der Waals surface area contributed by atoms with Gasteiger partial charge in [0.1, 0.15) is 6.26 Å². The van der Waals surface area contributed by atoms with Gasteiger partial charge in [0.25, 0.3) is 0 Å². The lowest BCUT2D eigenvalue weighted by Crippen LogP contribution is -2.46. The van der Waals surface area contributed by atoms with E-state index in [1.807, 2.05) is 6.92 Å². The Kier molecular flexibility index (Phi) is 6.07. The van der Waals surface area contributed by atoms with Crippen molar-refractivity contribution in [3.05, 3.63) is 52.4 Å². The molecule has 0 fully saturated rings. The molecule has 0 saturated carbocycles. The molecule has 1 heterocycles. The second kappa shape index (κ2) is 7.78. The normalized spacial score (nSPS) is 17.9. The molecule has 1 atom stereocenters. The molecular weight excluding hydrogens is 366 g/mol. The highest BCUT2D eigenvalue weighted by Crippen LogP contribution is 2.50. The summed E-state index contributed by atoms with van der Waals surface area (Å²) >= 11 is -1.40. The van der Waals surface area contributed by atoms with Crippen LogP contribution in [0.5, 0.6) is 0 Å². The zero-order valence-corrected chi connectivity index (χ0v) is 17.0. The first-order valence-corrected chi connectivity index (χ1v) is 10.3. The predicted molar refractivity (Wildman–Crippen MR) is 104 cm³/mol. The molecule has 2 N–H and O–H groups in total. The summed E-state index contributed by atoms with van der Waals surface area (Å²) in [5.74, 6) is -2.34. The Labute approximate surface area is 162 Å². The molecular formula is C20H25NO5S. The first-order valence-electron chi connectivity index (χ1n) is 8.74. The first-order chi connectivity index (χ1) is 12.6. The van der Waals surface area contributed by atoms with E-state index in [4.69, 9.17) is 0 Å². The van der Waals surface area contributed by atoms with Crippen LogP contribution in [-0.4, -0.2) is 44.4 Å². The Morgan fingerprint density at radius 3 is 1.93 bits per heavy atom. The highest BCUT2D eigenvalue weighted by molar-refractivity contribution is 7.90. The second-order valence-electron chi connectivity index (χ2n) is 6.48. The molecule has 0 aromatic heterocycles. The Hall–Kier alpha value is -2.25. The van der Waals surface area contributed by atoms with Crippen LogP contribution in [0.4, 0.5) is 0 Å². The summed E-state index contributed by atoms with van der Waals surface area (Å²) in [6.07, 6.45) is 1.73. The number of carboxylic acid groups (broad SMARTS) is 2. The summed E-state index contributed by atoms with van der Waals surface area (Å²) in [5, 5.41) is 20.2. The van der Waals surface area contributed by atoms with Crippen LogP contribution in [0.1, 0.15) is 39.7 Å². The lowest BCUT2D eigenvalue weighted by molar-refractivity contribution is -0.134. The SMILES string of the molecule is CCN1C(C)=C(C(=O)O)C(CC)(c2ccccc2[S+](C)[O-])C(C(=O)O)=C1C. The fourth-order valence-electron chi connectivity index (χ4n) is 4.30. The average Bonchev–Trinajstić information content (AvgIpc) is 2.60. The number of carboxylic acids is 2. The maximum absolute atomic E-state index is 12.4.